The van der Waals surface area contributed by atoms with Gasteiger partial charge in [0.2, 0.25) is 0 Å². The molecule has 0 saturated heterocycles. The number of carboxylic acids is 1. The number of hydrogen-bond acceptors (Lipinski definition) is 4. The van der Waals surface area contributed by atoms with Crippen LogP contribution in [0.15, 0.2) is 29.8 Å². The number of hydrogen-bond donors (Lipinski definition) is 3. The zero-order valence-electron chi connectivity index (χ0n) is 8.16. The molecule has 0 aliphatic heterocycles. The summed E-state index contributed by atoms with van der Waals surface area (Å²) in [5.74, 6) is -1.36. The van der Waals surface area contributed by atoms with E-state index in [9.17, 15) is 4.79 Å². The third kappa shape index (κ3) is 2.70. The normalized spacial score (nSPS) is 10.7. The molecule has 3 N–H and O–H groups in total. The molecule has 0 amide bonds. The van der Waals surface area contributed by atoms with Crippen LogP contribution in [-0.2, 0) is 4.79 Å². The van der Waals surface area contributed by atoms with Gasteiger partial charge < -0.3 is 15.2 Å². The van der Waals surface area contributed by atoms with Crippen molar-refractivity contribution in [3.8, 4) is 6.07 Å². The molecule has 0 aliphatic rings. The van der Waals surface area contributed by atoms with Crippen molar-refractivity contribution < 1.29 is 19.9 Å². The average molecular weight is 217 g/mol. The highest BCUT2D eigenvalue weighted by molar-refractivity contribution is 6.59. The van der Waals surface area contributed by atoms with Gasteiger partial charge >= 0.3 is 13.1 Å². The summed E-state index contributed by atoms with van der Waals surface area (Å²) in [5, 5.41) is 35.3. The molecule has 1 aromatic carbocycles. The molecule has 1 aromatic rings. The van der Waals surface area contributed by atoms with Gasteiger partial charge in [0, 0.05) is 0 Å². The number of aliphatic carboxylic acids is 1. The Morgan fingerprint density at radius 3 is 2.50 bits per heavy atom. The number of nitriles is 1. The Bertz CT molecular complexity index is 476. The Balaban J connectivity index is 3.24. The van der Waals surface area contributed by atoms with Crippen LogP contribution in [0.3, 0.4) is 0 Å². The highest BCUT2D eigenvalue weighted by Crippen LogP contribution is 2.05. The Hall–Kier alpha value is -2.10. The van der Waals surface area contributed by atoms with Gasteiger partial charge in [-0.15, -0.1) is 0 Å². The largest absolute Gasteiger partial charge is 0.489 e. The maximum Gasteiger partial charge on any atom is 0.489 e. The van der Waals surface area contributed by atoms with E-state index in [0.29, 0.717) is 0 Å². The van der Waals surface area contributed by atoms with Crippen LogP contribution in [0.1, 0.15) is 5.56 Å². The van der Waals surface area contributed by atoms with E-state index in [1.54, 1.807) is 12.1 Å². The molecule has 6 heteroatoms. The van der Waals surface area contributed by atoms with Gasteiger partial charge in [-0.1, -0.05) is 24.3 Å². The third-order valence-electron chi connectivity index (χ3n) is 1.92. The van der Waals surface area contributed by atoms with Gasteiger partial charge in [0.05, 0.1) is 0 Å². The minimum atomic E-state index is -1.71. The summed E-state index contributed by atoms with van der Waals surface area (Å²) in [6.45, 7) is 0. The van der Waals surface area contributed by atoms with E-state index >= 15 is 0 Å². The van der Waals surface area contributed by atoms with E-state index in [-0.39, 0.29) is 11.0 Å². The molecule has 0 radical (unpaired) electrons. The second kappa shape index (κ2) is 5.12. The van der Waals surface area contributed by atoms with Crippen molar-refractivity contribution in [1.82, 2.24) is 0 Å². The smallest absolute Gasteiger partial charge is 0.477 e. The van der Waals surface area contributed by atoms with Crippen molar-refractivity contribution in [3.63, 3.8) is 0 Å². The molecule has 0 fully saturated rings. The fourth-order valence-electron chi connectivity index (χ4n) is 1.17. The third-order valence-corrected chi connectivity index (χ3v) is 1.92. The summed E-state index contributed by atoms with van der Waals surface area (Å²) in [4.78, 5) is 10.6. The van der Waals surface area contributed by atoms with E-state index in [4.69, 9.17) is 20.4 Å². The molecular formula is C10H8BNO4. The van der Waals surface area contributed by atoms with Crippen LogP contribution in [-0.4, -0.2) is 28.2 Å². The van der Waals surface area contributed by atoms with E-state index in [2.05, 4.69) is 0 Å². The fraction of sp³-hybridized carbons (Fsp3) is 0. The van der Waals surface area contributed by atoms with Crippen LogP contribution in [0, 0.1) is 11.3 Å². The van der Waals surface area contributed by atoms with Crippen molar-refractivity contribution in [2.45, 2.75) is 0 Å². The van der Waals surface area contributed by atoms with Crippen LogP contribution < -0.4 is 5.46 Å². The van der Waals surface area contributed by atoms with Crippen molar-refractivity contribution in [1.29, 1.82) is 5.26 Å². The monoisotopic (exact) mass is 217 g/mol. The number of nitrogens with zero attached hydrogens (tertiary/aromatic N) is 1. The first-order valence-corrected chi connectivity index (χ1v) is 4.36. The molecule has 0 unspecified atom stereocenters. The summed E-state index contributed by atoms with van der Waals surface area (Å²) >= 11 is 0. The maximum atomic E-state index is 10.6. The standard InChI is InChI=1S/C10H8BNO4/c12-6-8(10(13)14)5-7-3-1-2-4-9(7)11(15)16/h1-5,15-16H,(H,13,14). The molecule has 0 atom stereocenters. The van der Waals surface area contributed by atoms with Gasteiger partial charge in [-0.2, -0.15) is 5.26 Å². The number of rotatable bonds is 3. The predicted molar refractivity (Wildman–Crippen MR) is 57.5 cm³/mol. The summed E-state index contributed by atoms with van der Waals surface area (Å²) in [5.41, 5.74) is -0.0268. The van der Waals surface area contributed by atoms with Gasteiger partial charge in [-0.05, 0) is 17.1 Å². The first kappa shape index (κ1) is 12.0. The van der Waals surface area contributed by atoms with Gasteiger partial charge in [-0.25, -0.2) is 4.79 Å². The van der Waals surface area contributed by atoms with Crippen molar-refractivity contribution in [2.24, 2.45) is 0 Å². The molecule has 16 heavy (non-hydrogen) atoms. The van der Waals surface area contributed by atoms with Gasteiger partial charge in [0.15, 0.2) is 0 Å². The van der Waals surface area contributed by atoms with Crippen LogP contribution in [0.5, 0.6) is 0 Å². The summed E-state index contributed by atoms with van der Waals surface area (Å²) < 4.78 is 0. The highest BCUT2D eigenvalue weighted by atomic mass is 16.4. The van der Waals surface area contributed by atoms with Crippen LogP contribution >= 0.6 is 0 Å². The molecule has 0 heterocycles. The molecule has 0 aromatic heterocycles. The van der Waals surface area contributed by atoms with E-state index in [1.807, 2.05) is 0 Å². The Kier molecular flexibility index (Phi) is 3.83. The number of carboxylic acid groups (broad SMARTS) is 1. The predicted octanol–water partition coefficient (Wildman–Crippen LogP) is -0.642. The first-order chi connectivity index (χ1) is 7.56. The zero-order valence-corrected chi connectivity index (χ0v) is 8.16. The van der Waals surface area contributed by atoms with Crippen molar-refractivity contribution >= 4 is 24.6 Å². The van der Waals surface area contributed by atoms with Gasteiger partial charge in [-0.3, -0.25) is 0 Å². The maximum absolute atomic E-state index is 10.6. The minimum Gasteiger partial charge on any atom is -0.477 e. The van der Waals surface area contributed by atoms with Crippen LogP contribution in [0.2, 0.25) is 0 Å². The van der Waals surface area contributed by atoms with Gasteiger partial charge in [0.25, 0.3) is 0 Å². The summed E-state index contributed by atoms with van der Waals surface area (Å²) in [6.07, 6.45) is 1.09. The molecule has 5 nitrogen and oxygen atoms in total. The fourth-order valence-corrected chi connectivity index (χ4v) is 1.17. The van der Waals surface area contributed by atoms with Crippen LogP contribution in [0.4, 0.5) is 0 Å². The molecule has 1 rings (SSSR count). The van der Waals surface area contributed by atoms with E-state index < -0.39 is 18.7 Å². The second-order valence-electron chi connectivity index (χ2n) is 2.98. The molecule has 0 aliphatic carbocycles. The quantitative estimate of drug-likeness (QED) is 0.355. The lowest BCUT2D eigenvalue weighted by Crippen LogP contribution is -2.31. The zero-order chi connectivity index (χ0) is 12.1. The first-order valence-electron chi connectivity index (χ1n) is 4.36. The lowest BCUT2D eigenvalue weighted by Gasteiger charge is -2.03. The number of carbonyl (C=O) groups is 1. The lowest BCUT2D eigenvalue weighted by molar-refractivity contribution is -0.132. The van der Waals surface area contributed by atoms with Crippen molar-refractivity contribution in [3.05, 3.63) is 35.4 Å². The summed E-state index contributed by atoms with van der Waals surface area (Å²) in [7, 11) is -1.71. The Morgan fingerprint density at radius 1 is 1.38 bits per heavy atom. The van der Waals surface area contributed by atoms with E-state index in [1.165, 1.54) is 18.2 Å². The SMILES string of the molecule is N#CC(=Cc1ccccc1B(O)O)C(=O)O. The topological polar surface area (TPSA) is 102 Å². The molecule has 0 bridgehead atoms. The van der Waals surface area contributed by atoms with E-state index in [0.717, 1.165) is 6.08 Å². The number of benzene rings is 1. The molecule has 0 saturated carbocycles. The Labute approximate surface area is 92.0 Å². The van der Waals surface area contributed by atoms with Crippen molar-refractivity contribution in [2.75, 3.05) is 0 Å². The Morgan fingerprint density at radius 2 is 2.00 bits per heavy atom. The molecular weight excluding hydrogens is 209 g/mol. The van der Waals surface area contributed by atoms with Crippen LogP contribution in [0.25, 0.3) is 6.08 Å². The molecule has 80 valence electrons. The highest BCUT2D eigenvalue weighted by Gasteiger charge is 2.15. The average Bonchev–Trinajstić information content (AvgIpc) is 2.25. The van der Waals surface area contributed by atoms with Gasteiger partial charge in [0.1, 0.15) is 11.6 Å². The lowest BCUT2D eigenvalue weighted by atomic mass is 9.77. The second-order valence-corrected chi connectivity index (χ2v) is 2.98. The summed E-state index contributed by atoms with van der Waals surface area (Å²) in [6, 6.07) is 7.64. The molecule has 0 spiro atoms. The minimum absolute atomic E-state index is 0.150.